The number of aromatic nitrogens is 2. The van der Waals surface area contributed by atoms with Crippen LogP contribution in [0.1, 0.15) is 0 Å². The molecule has 0 aliphatic heterocycles. The molecule has 1 aromatic heterocycles. The van der Waals surface area contributed by atoms with Gasteiger partial charge in [0.25, 0.3) is 0 Å². The highest BCUT2D eigenvalue weighted by Gasteiger charge is 2.13. The molecule has 4 heteroatoms. The Labute approximate surface area is 65.0 Å². The summed E-state index contributed by atoms with van der Waals surface area (Å²) in [5.41, 5.74) is 0. The van der Waals surface area contributed by atoms with E-state index in [2.05, 4.69) is 35.1 Å². The van der Waals surface area contributed by atoms with Gasteiger partial charge in [-0.2, -0.15) is 0 Å². The standard InChI is InChI=1S/C6H14N2Si2/c1-10(2,3)9-8-5-4-7-6-8/h4-6H,9H2,1-3H3. The zero-order valence-corrected chi connectivity index (χ0v) is 9.25. The predicted octanol–water partition coefficient (Wildman–Crippen LogP) is 0.650. The second kappa shape index (κ2) is 2.71. The second-order valence-electron chi connectivity index (χ2n) is 3.80. The van der Waals surface area contributed by atoms with Gasteiger partial charge in [0.05, 0.1) is 13.9 Å². The molecule has 1 rings (SSSR count). The largest absolute Gasteiger partial charge is 0.373 e. The molecule has 0 radical (unpaired) electrons. The Balaban J connectivity index is 2.57. The maximum Gasteiger partial charge on any atom is 0.120 e. The third-order valence-corrected chi connectivity index (χ3v) is 6.85. The van der Waals surface area contributed by atoms with E-state index in [1.807, 2.05) is 12.5 Å². The Hall–Kier alpha value is -0.356. The molecule has 0 saturated heterocycles. The first kappa shape index (κ1) is 7.75. The lowest BCUT2D eigenvalue weighted by Gasteiger charge is -2.14. The highest BCUT2D eigenvalue weighted by molar-refractivity contribution is 7.22. The van der Waals surface area contributed by atoms with E-state index in [9.17, 15) is 0 Å². The first-order chi connectivity index (χ1) is 4.58. The van der Waals surface area contributed by atoms with Gasteiger partial charge in [0, 0.05) is 12.4 Å². The minimum Gasteiger partial charge on any atom is -0.373 e. The molecule has 0 atom stereocenters. The molecule has 0 aromatic carbocycles. The van der Waals surface area contributed by atoms with Crippen LogP contribution in [0, 0.1) is 0 Å². The van der Waals surface area contributed by atoms with Gasteiger partial charge in [-0.3, -0.25) is 0 Å². The van der Waals surface area contributed by atoms with Crippen LogP contribution >= 0.6 is 0 Å². The van der Waals surface area contributed by atoms with Crippen LogP contribution in [-0.2, 0) is 0 Å². The van der Waals surface area contributed by atoms with Gasteiger partial charge >= 0.3 is 0 Å². The van der Waals surface area contributed by atoms with Crippen LogP contribution in [0.2, 0.25) is 19.6 Å². The molecule has 0 aliphatic rings. The molecular formula is C6H14N2Si2. The number of hydrogen-bond donors (Lipinski definition) is 0. The summed E-state index contributed by atoms with van der Waals surface area (Å²) >= 11 is 0. The minimum atomic E-state index is -0.800. The lowest BCUT2D eigenvalue weighted by atomic mass is 11.0. The van der Waals surface area contributed by atoms with Crippen molar-refractivity contribution in [1.29, 1.82) is 0 Å². The maximum atomic E-state index is 4.03. The quantitative estimate of drug-likeness (QED) is 0.596. The summed E-state index contributed by atoms with van der Waals surface area (Å²) in [5.74, 6) is 0. The van der Waals surface area contributed by atoms with Crippen LogP contribution in [0.4, 0.5) is 0 Å². The molecule has 0 bridgehead atoms. The van der Waals surface area contributed by atoms with Crippen LogP contribution in [0.15, 0.2) is 18.7 Å². The summed E-state index contributed by atoms with van der Waals surface area (Å²) in [4.78, 5) is 4.03. The molecule has 0 amide bonds. The highest BCUT2D eigenvalue weighted by atomic mass is 29.2. The summed E-state index contributed by atoms with van der Waals surface area (Å²) in [6.45, 7) is 7.25. The first-order valence-corrected chi connectivity index (χ1v) is 10.00. The Morgan fingerprint density at radius 2 is 2.10 bits per heavy atom. The zero-order valence-electron chi connectivity index (χ0n) is 6.83. The van der Waals surface area contributed by atoms with E-state index in [1.54, 1.807) is 0 Å². The van der Waals surface area contributed by atoms with Crippen molar-refractivity contribution < 1.29 is 0 Å². The average Bonchev–Trinajstić information content (AvgIpc) is 2.12. The zero-order chi connectivity index (χ0) is 7.61. The minimum absolute atomic E-state index is 0.0378. The second-order valence-corrected chi connectivity index (χ2v) is 17.3. The molecule has 0 aliphatic carbocycles. The molecule has 56 valence electrons. The Morgan fingerprint density at radius 1 is 1.40 bits per heavy atom. The molecule has 0 unspecified atom stereocenters. The van der Waals surface area contributed by atoms with E-state index < -0.39 is 7.59 Å². The Morgan fingerprint density at radius 3 is 2.50 bits per heavy atom. The molecule has 0 N–H and O–H groups in total. The highest BCUT2D eigenvalue weighted by Crippen LogP contribution is 1.98. The van der Waals surface area contributed by atoms with Gasteiger partial charge < -0.3 is 4.23 Å². The molecular weight excluding hydrogens is 156 g/mol. The van der Waals surface area contributed by atoms with Crippen LogP contribution in [0.25, 0.3) is 0 Å². The molecule has 1 aromatic rings. The summed E-state index contributed by atoms with van der Waals surface area (Å²) in [6, 6.07) is 0. The van der Waals surface area contributed by atoms with E-state index in [-0.39, 0.29) is 9.20 Å². The van der Waals surface area contributed by atoms with Gasteiger partial charge in [0.15, 0.2) is 0 Å². The third kappa shape index (κ3) is 2.49. The van der Waals surface area contributed by atoms with Crippen LogP contribution in [0.5, 0.6) is 0 Å². The Bertz CT molecular complexity index is 188. The van der Waals surface area contributed by atoms with Crippen LogP contribution in [-0.4, -0.2) is 26.0 Å². The number of rotatable bonds is 2. The molecule has 0 saturated carbocycles. The lowest BCUT2D eigenvalue weighted by molar-refractivity contribution is 1.20. The summed E-state index contributed by atoms with van der Waals surface area (Å²) in [6.07, 6.45) is 5.90. The van der Waals surface area contributed by atoms with Crippen molar-refractivity contribution in [2.45, 2.75) is 19.6 Å². The predicted molar refractivity (Wildman–Crippen MR) is 49.5 cm³/mol. The molecule has 0 fully saturated rings. The van der Waals surface area contributed by atoms with Gasteiger partial charge in [-0.25, -0.2) is 4.98 Å². The van der Waals surface area contributed by atoms with Gasteiger partial charge in [-0.15, -0.1) is 0 Å². The van der Waals surface area contributed by atoms with Crippen molar-refractivity contribution in [3.63, 3.8) is 0 Å². The van der Waals surface area contributed by atoms with Crippen molar-refractivity contribution in [2.24, 2.45) is 0 Å². The monoisotopic (exact) mass is 170 g/mol. The average molecular weight is 170 g/mol. The van der Waals surface area contributed by atoms with Crippen LogP contribution in [0.3, 0.4) is 0 Å². The van der Waals surface area contributed by atoms with E-state index in [4.69, 9.17) is 0 Å². The molecule has 1 heterocycles. The maximum absolute atomic E-state index is 4.03. The van der Waals surface area contributed by atoms with Gasteiger partial charge in [0.1, 0.15) is 9.20 Å². The fraction of sp³-hybridized carbons (Fsp3) is 0.500. The summed E-state index contributed by atoms with van der Waals surface area (Å²) in [7, 11) is -0.838. The van der Waals surface area contributed by atoms with E-state index in [1.165, 1.54) is 0 Å². The van der Waals surface area contributed by atoms with Gasteiger partial charge in [-0.05, 0) is 0 Å². The van der Waals surface area contributed by atoms with E-state index in [0.717, 1.165) is 0 Å². The topological polar surface area (TPSA) is 17.8 Å². The first-order valence-electron chi connectivity index (χ1n) is 3.54. The van der Waals surface area contributed by atoms with Crippen molar-refractivity contribution in [2.75, 3.05) is 0 Å². The normalized spacial score (nSPS) is 13.1. The number of imidazole rings is 1. The summed E-state index contributed by atoms with van der Waals surface area (Å²) in [5, 5.41) is 0. The van der Waals surface area contributed by atoms with Crippen molar-refractivity contribution >= 4 is 16.8 Å². The third-order valence-electron chi connectivity index (χ3n) is 1.22. The van der Waals surface area contributed by atoms with Crippen molar-refractivity contribution in [3.8, 4) is 0 Å². The lowest BCUT2D eigenvalue weighted by Crippen LogP contribution is -2.34. The molecule has 0 spiro atoms. The van der Waals surface area contributed by atoms with E-state index in [0.29, 0.717) is 0 Å². The smallest absolute Gasteiger partial charge is 0.120 e. The fourth-order valence-electron chi connectivity index (χ4n) is 0.928. The van der Waals surface area contributed by atoms with Gasteiger partial charge in [0.2, 0.25) is 0 Å². The number of nitrogens with zero attached hydrogens (tertiary/aromatic N) is 2. The van der Waals surface area contributed by atoms with Gasteiger partial charge in [-0.1, -0.05) is 19.6 Å². The molecule has 2 nitrogen and oxygen atoms in total. The fourth-order valence-corrected chi connectivity index (χ4v) is 6.25. The SMILES string of the molecule is C[Si](C)(C)[SiH2]n1ccnc1. The van der Waals surface area contributed by atoms with Crippen LogP contribution < -0.4 is 0 Å². The summed E-state index contributed by atoms with van der Waals surface area (Å²) < 4.78 is 2.30. The van der Waals surface area contributed by atoms with Crippen molar-refractivity contribution in [1.82, 2.24) is 9.22 Å². The van der Waals surface area contributed by atoms with Crippen molar-refractivity contribution in [3.05, 3.63) is 18.7 Å². The Kier molecular flexibility index (Phi) is 2.10. The van der Waals surface area contributed by atoms with E-state index >= 15 is 0 Å². The molecule has 10 heavy (non-hydrogen) atoms. The number of hydrogen-bond acceptors (Lipinski definition) is 1.